The summed E-state index contributed by atoms with van der Waals surface area (Å²) >= 11 is 5.71. The number of carbonyl (C=O) groups is 1. The van der Waals surface area contributed by atoms with Crippen molar-refractivity contribution in [2.24, 2.45) is 0 Å². The topological polar surface area (TPSA) is 20.3 Å². The SMILES string of the molecule is Cc1cc(C)cc(C(=O)N(CCCCl)C(C)C)c1. The molecule has 1 rings (SSSR count). The first-order chi connectivity index (χ1) is 8.45. The van der Waals surface area contributed by atoms with Gasteiger partial charge in [0.25, 0.3) is 5.91 Å². The summed E-state index contributed by atoms with van der Waals surface area (Å²) in [5, 5.41) is 0. The number of aryl methyl sites for hydroxylation is 2. The van der Waals surface area contributed by atoms with Gasteiger partial charge in [-0.3, -0.25) is 4.79 Å². The van der Waals surface area contributed by atoms with Crippen LogP contribution in [0.5, 0.6) is 0 Å². The van der Waals surface area contributed by atoms with Crippen LogP contribution in [0.25, 0.3) is 0 Å². The maximum Gasteiger partial charge on any atom is 0.254 e. The maximum absolute atomic E-state index is 12.5. The highest BCUT2D eigenvalue weighted by atomic mass is 35.5. The molecule has 0 unspecified atom stereocenters. The van der Waals surface area contributed by atoms with Gasteiger partial charge in [0.15, 0.2) is 0 Å². The van der Waals surface area contributed by atoms with Crippen LogP contribution < -0.4 is 0 Å². The van der Waals surface area contributed by atoms with Gasteiger partial charge < -0.3 is 4.90 Å². The minimum atomic E-state index is 0.0990. The van der Waals surface area contributed by atoms with E-state index in [4.69, 9.17) is 11.6 Å². The number of amides is 1. The summed E-state index contributed by atoms with van der Waals surface area (Å²) in [6.07, 6.45) is 0.830. The molecule has 100 valence electrons. The summed E-state index contributed by atoms with van der Waals surface area (Å²) in [4.78, 5) is 14.4. The molecule has 0 spiro atoms. The smallest absolute Gasteiger partial charge is 0.254 e. The molecule has 1 amide bonds. The van der Waals surface area contributed by atoms with Gasteiger partial charge in [0.2, 0.25) is 0 Å². The zero-order valence-electron chi connectivity index (χ0n) is 11.7. The van der Waals surface area contributed by atoms with Crippen LogP contribution in [-0.4, -0.2) is 29.3 Å². The molecule has 0 aromatic heterocycles. The quantitative estimate of drug-likeness (QED) is 0.744. The van der Waals surface area contributed by atoms with Crippen molar-refractivity contribution >= 4 is 17.5 Å². The minimum Gasteiger partial charge on any atom is -0.336 e. The first kappa shape index (κ1) is 15.0. The second-order valence-electron chi connectivity index (χ2n) is 5.01. The van der Waals surface area contributed by atoms with E-state index in [1.54, 1.807) is 0 Å². The molecule has 0 aliphatic rings. The monoisotopic (exact) mass is 267 g/mol. The number of alkyl halides is 1. The first-order valence-electron chi connectivity index (χ1n) is 6.41. The lowest BCUT2D eigenvalue weighted by atomic mass is 10.1. The number of rotatable bonds is 5. The number of carbonyl (C=O) groups excluding carboxylic acids is 1. The van der Waals surface area contributed by atoms with E-state index in [9.17, 15) is 4.79 Å². The maximum atomic E-state index is 12.5. The normalized spacial score (nSPS) is 10.8. The summed E-state index contributed by atoms with van der Waals surface area (Å²) in [5.41, 5.74) is 3.02. The molecule has 0 fully saturated rings. The van der Waals surface area contributed by atoms with E-state index < -0.39 is 0 Å². The fraction of sp³-hybridized carbons (Fsp3) is 0.533. The van der Waals surface area contributed by atoms with Gasteiger partial charge in [0, 0.05) is 24.0 Å². The molecule has 0 aliphatic carbocycles. The van der Waals surface area contributed by atoms with Crippen molar-refractivity contribution in [3.05, 3.63) is 34.9 Å². The number of hydrogen-bond donors (Lipinski definition) is 0. The Bertz CT molecular complexity index is 395. The van der Waals surface area contributed by atoms with Crippen molar-refractivity contribution in [3.8, 4) is 0 Å². The van der Waals surface area contributed by atoms with Crippen LogP contribution in [0, 0.1) is 13.8 Å². The van der Waals surface area contributed by atoms with Gasteiger partial charge in [-0.05, 0) is 46.2 Å². The molecule has 2 nitrogen and oxygen atoms in total. The molecule has 0 bridgehead atoms. The zero-order valence-corrected chi connectivity index (χ0v) is 12.4. The summed E-state index contributed by atoms with van der Waals surface area (Å²) in [6, 6.07) is 6.17. The summed E-state index contributed by atoms with van der Waals surface area (Å²) in [7, 11) is 0. The van der Waals surface area contributed by atoms with Crippen molar-refractivity contribution in [3.63, 3.8) is 0 Å². The Hall–Kier alpha value is -1.02. The Morgan fingerprint density at radius 1 is 1.22 bits per heavy atom. The molecule has 0 saturated carbocycles. The molecule has 3 heteroatoms. The lowest BCUT2D eigenvalue weighted by Crippen LogP contribution is -2.38. The highest BCUT2D eigenvalue weighted by Gasteiger charge is 2.18. The van der Waals surface area contributed by atoms with E-state index in [0.717, 1.165) is 23.1 Å². The first-order valence-corrected chi connectivity index (χ1v) is 6.94. The molecule has 1 aromatic rings. The number of halogens is 1. The average Bonchev–Trinajstić information content (AvgIpc) is 2.27. The predicted octanol–water partition coefficient (Wildman–Crippen LogP) is 3.78. The van der Waals surface area contributed by atoms with Crippen molar-refractivity contribution in [2.45, 2.75) is 40.2 Å². The molecular formula is C15H22ClNO. The average molecular weight is 268 g/mol. The number of benzene rings is 1. The van der Waals surface area contributed by atoms with Crippen LogP contribution in [0.1, 0.15) is 41.8 Å². The standard InChI is InChI=1S/C15H22ClNO/c1-11(2)17(7-5-6-16)15(18)14-9-12(3)8-13(4)10-14/h8-11H,5-7H2,1-4H3. The largest absolute Gasteiger partial charge is 0.336 e. The molecule has 0 atom stereocenters. The van der Waals surface area contributed by atoms with E-state index >= 15 is 0 Å². The molecule has 0 radical (unpaired) electrons. The van der Waals surface area contributed by atoms with Crippen LogP contribution in [0.3, 0.4) is 0 Å². The Morgan fingerprint density at radius 2 is 1.78 bits per heavy atom. The van der Waals surface area contributed by atoms with E-state index in [1.165, 1.54) is 0 Å². The molecular weight excluding hydrogens is 246 g/mol. The van der Waals surface area contributed by atoms with E-state index in [0.29, 0.717) is 12.4 Å². The molecule has 0 saturated heterocycles. The van der Waals surface area contributed by atoms with Crippen LogP contribution in [0.2, 0.25) is 0 Å². The third kappa shape index (κ3) is 4.02. The van der Waals surface area contributed by atoms with E-state index in [1.807, 2.05) is 44.7 Å². The highest BCUT2D eigenvalue weighted by Crippen LogP contribution is 2.14. The second kappa shape index (κ2) is 6.79. The lowest BCUT2D eigenvalue weighted by Gasteiger charge is -2.27. The van der Waals surface area contributed by atoms with Crippen LogP contribution >= 0.6 is 11.6 Å². The van der Waals surface area contributed by atoms with Crippen LogP contribution in [-0.2, 0) is 0 Å². The Balaban J connectivity index is 2.94. The van der Waals surface area contributed by atoms with Gasteiger partial charge in [0.05, 0.1) is 0 Å². The Labute approximate surface area is 115 Å². The van der Waals surface area contributed by atoms with Crippen molar-refractivity contribution in [2.75, 3.05) is 12.4 Å². The molecule has 18 heavy (non-hydrogen) atoms. The lowest BCUT2D eigenvalue weighted by molar-refractivity contribution is 0.0706. The van der Waals surface area contributed by atoms with Gasteiger partial charge in [-0.2, -0.15) is 0 Å². The number of hydrogen-bond acceptors (Lipinski definition) is 1. The zero-order chi connectivity index (χ0) is 13.7. The third-order valence-corrected chi connectivity index (χ3v) is 3.15. The van der Waals surface area contributed by atoms with Gasteiger partial charge >= 0.3 is 0 Å². The van der Waals surface area contributed by atoms with E-state index in [-0.39, 0.29) is 11.9 Å². The fourth-order valence-electron chi connectivity index (χ4n) is 2.09. The van der Waals surface area contributed by atoms with E-state index in [2.05, 4.69) is 6.07 Å². The molecule has 0 aliphatic heterocycles. The summed E-state index contributed by atoms with van der Waals surface area (Å²) < 4.78 is 0. The van der Waals surface area contributed by atoms with Crippen molar-refractivity contribution in [1.29, 1.82) is 0 Å². The fourth-order valence-corrected chi connectivity index (χ4v) is 2.21. The molecule has 1 aromatic carbocycles. The number of nitrogens with zero attached hydrogens (tertiary/aromatic N) is 1. The molecule has 0 N–H and O–H groups in total. The van der Waals surface area contributed by atoms with Crippen LogP contribution in [0.15, 0.2) is 18.2 Å². The summed E-state index contributed by atoms with van der Waals surface area (Å²) in [6.45, 7) is 8.82. The van der Waals surface area contributed by atoms with Gasteiger partial charge in [-0.25, -0.2) is 0 Å². The van der Waals surface area contributed by atoms with Gasteiger partial charge in [-0.15, -0.1) is 11.6 Å². The highest BCUT2D eigenvalue weighted by molar-refractivity contribution is 6.17. The second-order valence-corrected chi connectivity index (χ2v) is 5.39. The minimum absolute atomic E-state index is 0.0990. The molecule has 0 heterocycles. The Kier molecular flexibility index (Phi) is 5.67. The van der Waals surface area contributed by atoms with Crippen molar-refractivity contribution < 1.29 is 4.79 Å². The third-order valence-electron chi connectivity index (χ3n) is 2.89. The van der Waals surface area contributed by atoms with Gasteiger partial charge in [0.1, 0.15) is 0 Å². The van der Waals surface area contributed by atoms with Crippen LogP contribution in [0.4, 0.5) is 0 Å². The van der Waals surface area contributed by atoms with Crippen molar-refractivity contribution in [1.82, 2.24) is 4.90 Å². The Morgan fingerprint density at radius 3 is 2.22 bits per heavy atom. The summed E-state index contributed by atoms with van der Waals surface area (Å²) in [5.74, 6) is 0.686. The predicted molar refractivity (Wildman–Crippen MR) is 77.4 cm³/mol. The van der Waals surface area contributed by atoms with Gasteiger partial charge in [-0.1, -0.05) is 17.2 Å².